The number of amides is 2. The topological polar surface area (TPSA) is 41.6 Å². The predicted molar refractivity (Wildman–Crippen MR) is 59.1 cm³/mol. The number of urea groups is 1. The summed E-state index contributed by atoms with van der Waals surface area (Å²) in [6.07, 6.45) is 0.784. The van der Waals surface area contributed by atoms with Crippen molar-refractivity contribution in [2.75, 3.05) is 7.05 Å². The van der Waals surface area contributed by atoms with Crippen LogP contribution in [-0.2, 0) is 0 Å². The maximum Gasteiger partial charge on any atom is 0.320 e. The minimum absolute atomic E-state index is 0.0682. The standard InChI is InChI=1S/C12H14N2O2/c1-12-7-9(13-11(15)14(12)2)8-5-3-4-6-10(8)16-12/h3-6,9H,7H2,1-2H3,(H,13,15). The molecule has 1 saturated heterocycles. The minimum atomic E-state index is -0.526. The molecule has 2 unspecified atom stereocenters. The summed E-state index contributed by atoms with van der Waals surface area (Å²) in [5.74, 6) is 0.869. The predicted octanol–water partition coefficient (Wildman–Crippen LogP) is 1.88. The second-order valence-electron chi connectivity index (χ2n) is 4.58. The average molecular weight is 218 g/mol. The van der Waals surface area contributed by atoms with E-state index in [1.807, 2.05) is 31.2 Å². The van der Waals surface area contributed by atoms with Crippen molar-refractivity contribution in [2.45, 2.75) is 25.1 Å². The molecule has 2 atom stereocenters. The lowest BCUT2D eigenvalue weighted by Crippen LogP contribution is -2.63. The molecule has 0 aliphatic carbocycles. The van der Waals surface area contributed by atoms with Gasteiger partial charge in [-0.15, -0.1) is 0 Å². The molecule has 2 amide bonds. The molecule has 84 valence electrons. The van der Waals surface area contributed by atoms with Crippen LogP contribution in [0.5, 0.6) is 5.75 Å². The van der Waals surface area contributed by atoms with Crippen molar-refractivity contribution >= 4 is 6.03 Å². The van der Waals surface area contributed by atoms with E-state index in [-0.39, 0.29) is 12.1 Å². The maximum atomic E-state index is 11.8. The van der Waals surface area contributed by atoms with Crippen molar-refractivity contribution in [3.63, 3.8) is 0 Å². The maximum absolute atomic E-state index is 11.8. The summed E-state index contributed by atoms with van der Waals surface area (Å²) in [5, 5.41) is 2.99. The first-order valence-corrected chi connectivity index (χ1v) is 5.42. The first-order chi connectivity index (χ1) is 7.60. The van der Waals surface area contributed by atoms with E-state index in [1.54, 1.807) is 11.9 Å². The molecule has 1 aromatic rings. The lowest BCUT2D eigenvalue weighted by molar-refractivity contribution is -0.0718. The molecule has 1 aromatic carbocycles. The number of hydrogen-bond donors (Lipinski definition) is 1. The van der Waals surface area contributed by atoms with Gasteiger partial charge < -0.3 is 10.1 Å². The molecule has 0 saturated carbocycles. The molecule has 4 nitrogen and oxygen atoms in total. The van der Waals surface area contributed by atoms with Gasteiger partial charge in [0.15, 0.2) is 5.72 Å². The van der Waals surface area contributed by atoms with Crippen LogP contribution in [0, 0.1) is 0 Å². The Balaban J connectivity index is 2.11. The Bertz CT molecular complexity index is 460. The van der Waals surface area contributed by atoms with Crippen molar-refractivity contribution in [2.24, 2.45) is 0 Å². The van der Waals surface area contributed by atoms with Crippen molar-refractivity contribution in [1.29, 1.82) is 0 Å². The van der Waals surface area contributed by atoms with Gasteiger partial charge in [0.1, 0.15) is 5.75 Å². The average Bonchev–Trinajstić information content (AvgIpc) is 2.26. The summed E-state index contributed by atoms with van der Waals surface area (Å²) >= 11 is 0. The van der Waals surface area contributed by atoms with E-state index < -0.39 is 5.72 Å². The van der Waals surface area contributed by atoms with Gasteiger partial charge >= 0.3 is 6.03 Å². The molecule has 0 aromatic heterocycles. The largest absolute Gasteiger partial charge is 0.468 e. The van der Waals surface area contributed by atoms with Crippen LogP contribution >= 0.6 is 0 Å². The number of rotatable bonds is 0. The summed E-state index contributed by atoms with van der Waals surface area (Å²) in [6.45, 7) is 1.95. The Hall–Kier alpha value is -1.71. The highest BCUT2D eigenvalue weighted by Crippen LogP contribution is 2.42. The van der Waals surface area contributed by atoms with Crippen molar-refractivity contribution in [1.82, 2.24) is 10.2 Å². The second-order valence-corrected chi connectivity index (χ2v) is 4.58. The lowest BCUT2D eigenvalue weighted by Gasteiger charge is -2.49. The SMILES string of the molecule is CN1C(=O)NC2CC1(C)Oc1ccccc12. The third-order valence-corrected chi connectivity index (χ3v) is 3.52. The van der Waals surface area contributed by atoms with Gasteiger partial charge in [0, 0.05) is 19.0 Å². The molecular formula is C12H14N2O2. The Labute approximate surface area is 94.2 Å². The van der Waals surface area contributed by atoms with E-state index in [0.717, 1.165) is 17.7 Å². The van der Waals surface area contributed by atoms with Crippen LogP contribution in [0.1, 0.15) is 24.9 Å². The fourth-order valence-electron chi connectivity index (χ4n) is 2.42. The number of ether oxygens (including phenoxy) is 1. The highest BCUT2D eigenvalue weighted by Gasteiger charge is 2.47. The third-order valence-electron chi connectivity index (χ3n) is 3.52. The Morgan fingerprint density at radius 3 is 3.06 bits per heavy atom. The smallest absolute Gasteiger partial charge is 0.320 e. The molecule has 0 radical (unpaired) electrons. The van der Waals surface area contributed by atoms with Crippen LogP contribution in [0.2, 0.25) is 0 Å². The van der Waals surface area contributed by atoms with Gasteiger partial charge in [-0.1, -0.05) is 18.2 Å². The molecule has 2 bridgehead atoms. The molecule has 2 aliphatic rings. The number of carbonyl (C=O) groups excluding carboxylic acids is 1. The number of nitrogens with zero attached hydrogens (tertiary/aromatic N) is 1. The lowest BCUT2D eigenvalue weighted by atomic mass is 9.91. The van der Waals surface area contributed by atoms with Gasteiger partial charge in [-0.3, -0.25) is 4.90 Å². The molecule has 1 N–H and O–H groups in total. The minimum Gasteiger partial charge on any atom is -0.468 e. The number of carbonyl (C=O) groups is 1. The van der Waals surface area contributed by atoms with Crippen LogP contribution in [0.15, 0.2) is 24.3 Å². The molecular weight excluding hydrogens is 204 g/mol. The first-order valence-electron chi connectivity index (χ1n) is 5.42. The van der Waals surface area contributed by atoms with Crippen LogP contribution in [0.3, 0.4) is 0 Å². The Morgan fingerprint density at radius 2 is 2.25 bits per heavy atom. The van der Waals surface area contributed by atoms with Gasteiger partial charge in [0.2, 0.25) is 0 Å². The number of hydrogen-bond acceptors (Lipinski definition) is 2. The molecule has 3 rings (SSSR count). The van der Waals surface area contributed by atoms with E-state index in [0.29, 0.717) is 0 Å². The normalized spacial score (nSPS) is 31.5. The van der Waals surface area contributed by atoms with Crippen molar-refractivity contribution < 1.29 is 9.53 Å². The third kappa shape index (κ3) is 1.13. The van der Waals surface area contributed by atoms with E-state index in [1.165, 1.54) is 0 Å². The van der Waals surface area contributed by atoms with Crippen molar-refractivity contribution in [3.8, 4) is 5.75 Å². The summed E-state index contributed by atoms with van der Waals surface area (Å²) in [6, 6.07) is 7.86. The highest BCUT2D eigenvalue weighted by molar-refractivity contribution is 5.77. The summed E-state index contributed by atoms with van der Waals surface area (Å²) < 4.78 is 5.94. The number of fused-ring (bicyclic) bond motifs is 4. The van der Waals surface area contributed by atoms with Crippen LogP contribution < -0.4 is 10.1 Å². The fourth-order valence-corrected chi connectivity index (χ4v) is 2.42. The highest BCUT2D eigenvalue weighted by atomic mass is 16.5. The van der Waals surface area contributed by atoms with Gasteiger partial charge in [-0.2, -0.15) is 0 Å². The first kappa shape index (κ1) is 9.51. The molecule has 2 aliphatic heterocycles. The van der Waals surface area contributed by atoms with E-state index in [9.17, 15) is 4.79 Å². The fraction of sp³-hybridized carbons (Fsp3) is 0.417. The van der Waals surface area contributed by atoms with E-state index in [2.05, 4.69) is 5.32 Å². The summed E-state index contributed by atoms with van der Waals surface area (Å²) in [7, 11) is 1.76. The van der Waals surface area contributed by atoms with Gasteiger partial charge in [-0.25, -0.2) is 4.79 Å². The Morgan fingerprint density at radius 1 is 1.50 bits per heavy atom. The van der Waals surface area contributed by atoms with Crippen LogP contribution in [-0.4, -0.2) is 23.7 Å². The molecule has 0 spiro atoms. The molecule has 16 heavy (non-hydrogen) atoms. The van der Waals surface area contributed by atoms with Gasteiger partial charge in [0.25, 0.3) is 0 Å². The molecule has 1 fully saturated rings. The molecule has 2 heterocycles. The van der Waals surface area contributed by atoms with Gasteiger partial charge in [-0.05, 0) is 13.0 Å². The number of nitrogens with one attached hydrogen (secondary N) is 1. The zero-order valence-electron chi connectivity index (χ0n) is 9.36. The zero-order valence-corrected chi connectivity index (χ0v) is 9.36. The zero-order chi connectivity index (χ0) is 11.3. The monoisotopic (exact) mass is 218 g/mol. The van der Waals surface area contributed by atoms with Crippen LogP contribution in [0.25, 0.3) is 0 Å². The van der Waals surface area contributed by atoms with Crippen molar-refractivity contribution in [3.05, 3.63) is 29.8 Å². The van der Waals surface area contributed by atoms with E-state index in [4.69, 9.17) is 4.74 Å². The number of benzene rings is 1. The molecule has 4 heteroatoms. The quantitative estimate of drug-likeness (QED) is 0.722. The summed E-state index contributed by atoms with van der Waals surface area (Å²) in [5.41, 5.74) is 0.544. The summed E-state index contributed by atoms with van der Waals surface area (Å²) in [4.78, 5) is 13.4. The number of para-hydroxylation sites is 1. The van der Waals surface area contributed by atoms with Crippen LogP contribution in [0.4, 0.5) is 4.79 Å². The van der Waals surface area contributed by atoms with Gasteiger partial charge in [0.05, 0.1) is 6.04 Å². The Kier molecular flexibility index (Phi) is 1.73. The second kappa shape index (κ2) is 2.90. The van der Waals surface area contributed by atoms with E-state index >= 15 is 0 Å².